The normalized spacial score (nSPS) is 20.7. The number of nitrogens with two attached hydrogens (primary N) is 1. The summed E-state index contributed by atoms with van der Waals surface area (Å²) >= 11 is 6.13. The van der Waals surface area contributed by atoms with Gasteiger partial charge in [-0.25, -0.2) is 9.59 Å². The minimum atomic E-state index is -4.79. The van der Waals surface area contributed by atoms with Crippen LogP contribution in [0, 0.1) is 5.92 Å². The summed E-state index contributed by atoms with van der Waals surface area (Å²) < 4.78 is 53.0. The van der Waals surface area contributed by atoms with Crippen LogP contribution >= 0.6 is 11.6 Å². The second-order valence-electron chi connectivity index (χ2n) is 15.4. The number of halogens is 4. The SMILES string of the molecule is CN(C)CCOC(=O)[C@@H]1CCN(C2CCN(C(=O)[C@@H](Cc3cc(Cl)c(N)c(C(F)(F)F)c3)OC(=O)N3CCC(N4CCc5ccccc5NC4=O)CC3)CC2)C1. The van der Waals surface area contributed by atoms with Crippen molar-refractivity contribution in [3.63, 3.8) is 0 Å². The van der Waals surface area contributed by atoms with Crippen LogP contribution in [-0.4, -0.2) is 140 Å². The third-order valence-electron chi connectivity index (χ3n) is 11.4. The van der Waals surface area contributed by atoms with E-state index in [-0.39, 0.29) is 60.1 Å². The Morgan fingerprint density at radius 3 is 2.34 bits per heavy atom. The van der Waals surface area contributed by atoms with Gasteiger partial charge in [-0.2, -0.15) is 13.2 Å². The minimum Gasteiger partial charge on any atom is -0.464 e. The first-order valence-corrected chi connectivity index (χ1v) is 19.7. The number of piperidine rings is 2. The summed E-state index contributed by atoms with van der Waals surface area (Å²) in [5.41, 5.74) is 5.79. The number of likely N-dealkylation sites (tertiary alicyclic amines) is 3. The smallest absolute Gasteiger partial charge is 0.418 e. The number of nitrogens with one attached hydrogen (secondary N) is 1. The van der Waals surface area contributed by atoms with E-state index in [0.29, 0.717) is 77.9 Å². The predicted molar refractivity (Wildman–Crippen MR) is 204 cm³/mol. The number of benzene rings is 2. The van der Waals surface area contributed by atoms with E-state index in [9.17, 15) is 32.3 Å². The maximum absolute atomic E-state index is 14.1. The maximum atomic E-state index is 14.1. The lowest BCUT2D eigenvalue weighted by molar-refractivity contribution is -0.148. The third kappa shape index (κ3) is 9.98. The predicted octanol–water partition coefficient (Wildman–Crippen LogP) is 4.96. The molecule has 3 saturated heterocycles. The monoisotopic (exact) mass is 805 g/mol. The number of nitrogens with zero attached hydrogens (tertiary/aromatic N) is 5. The van der Waals surface area contributed by atoms with Gasteiger partial charge in [-0.1, -0.05) is 29.8 Å². The lowest BCUT2D eigenvalue weighted by Crippen LogP contribution is -2.52. The van der Waals surface area contributed by atoms with Gasteiger partial charge in [0.2, 0.25) is 0 Å². The van der Waals surface area contributed by atoms with Gasteiger partial charge in [-0.05, 0) is 88.5 Å². The molecule has 4 aliphatic rings. The van der Waals surface area contributed by atoms with Gasteiger partial charge in [0.1, 0.15) is 6.61 Å². The van der Waals surface area contributed by atoms with Crippen LogP contribution in [0.2, 0.25) is 5.02 Å². The number of hydrogen-bond donors (Lipinski definition) is 2. The molecule has 0 aliphatic carbocycles. The molecule has 0 spiro atoms. The van der Waals surface area contributed by atoms with Gasteiger partial charge < -0.3 is 40.1 Å². The Labute approximate surface area is 330 Å². The van der Waals surface area contributed by atoms with E-state index >= 15 is 0 Å². The molecule has 13 nitrogen and oxygen atoms in total. The van der Waals surface area contributed by atoms with E-state index in [1.807, 2.05) is 43.3 Å². The zero-order chi connectivity index (χ0) is 40.1. The summed E-state index contributed by atoms with van der Waals surface area (Å²) in [6, 6.07) is 9.57. The molecule has 4 amide bonds. The number of fused-ring (bicyclic) bond motifs is 1. The van der Waals surface area contributed by atoms with Crippen LogP contribution in [0.3, 0.4) is 0 Å². The number of rotatable bonds is 10. The first-order chi connectivity index (χ1) is 26.7. The molecule has 17 heteroatoms. The molecule has 56 heavy (non-hydrogen) atoms. The molecule has 6 rings (SSSR count). The summed E-state index contributed by atoms with van der Waals surface area (Å²) in [4.78, 5) is 62.6. The van der Waals surface area contributed by atoms with Gasteiger partial charge >= 0.3 is 24.3 Å². The van der Waals surface area contributed by atoms with Crippen LogP contribution in [-0.2, 0) is 38.1 Å². The Morgan fingerprint density at radius 2 is 1.64 bits per heavy atom. The fourth-order valence-electron chi connectivity index (χ4n) is 8.13. The van der Waals surface area contributed by atoms with Crippen molar-refractivity contribution in [2.45, 2.75) is 69.3 Å². The molecule has 2 aromatic carbocycles. The number of amides is 4. The van der Waals surface area contributed by atoms with Crippen LogP contribution in [0.1, 0.15) is 48.8 Å². The van der Waals surface area contributed by atoms with Gasteiger partial charge in [0.15, 0.2) is 6.10 Å². The van der Waals surface area contributed by atoms with Gasteiger partial charge in [-0.15, -0.1) is 0 Å². The lowest BCUT2D eigenvalue weighted by atomic mass is 10.00. The number of nitrogen functional groups attached to an aromatic ring is 1. The quantitative estimate of drug-likeness (QED) is 0.252. The molecule has 2 aromatic rings. The van der Waals surface area contributed by atoms with Gasteiger partial charge in [0, 0.05) is 70.0 Å². The van der Waals surface area contributed by atoms with Crippen molar-refractivity contribution in [1.29, 1.82) is 0 Å². The second-order valence-corrected chi connectivity index (χ2v) is 15.8. The summed E-state index contributed by atoms with van der Waals surface area (Å²) in [7, 11) is 3.82. The van der Waals surface area contributed by atoms with Crippen molar-refractivity contribution in [3.8, 4) is 0 Å². The first kappa shape index (κ1) is 41.4. The fourth-order valence-corrected chi connectivity index (χ4v) is 8.37. The Bertz CT molecular complexity index is 1750. The average molecular weight is 806 g/mol. The number of para-hydroxylation sites is 1. The highest BCUT2D eigenvalue weighted by Gasteiger charge is 2.40. The number of hydrogen-bond acceptors (Lipinski definition) is 9. The number of likely N-dealkylation sites (N-methyl/N-ethyl adjacent to an activating group) is 1. The molecule has 0 saturated carbocycles. The highest BCUT2D eigenvalue weighted by atomic mass is 35.5. The number of carbonyl (C=O) groups is 4. The molecule has 0 unspecified atom stereocenters. The molecule has 0 bridgehead atoms. The zero-order valence-electron chi connectivity index (χ0n) is 31.9. The first-order valence-electron chi connectivity index (χ1n) is 19.3. The Balaban J connectivity index is 1.09. The van der Waals surface area contributed by atoms with Crippen molar-refractivity contribution in [3.05, 3.63) is 58.1 Å². The standard InChI is InChI=1S/C39H51ClF3N7O6/c1-46(2)19-20-55-36(52)27-7-13-49(24-27)28-9-14-47(15-10-28)35(51)33(23-25-21-30(39(41,42)43)34(44)31(40)22-25)56-38(54)48-16-11-29(12-17-48)50-18-8-26-5-3-4-6-32(26)45-37(50)53/h3-6,21-22,27-29,33H,7-20,23-24,44H2,1-2H3,(H,45,53)/t27-,33-/m1/s1. The van der Waals surface area contributed by atoms with E-state index < -0.39 is 35.5 Å². The maximum Gasteiger partial charge on any atom is 0.418 e. The van der Waals surface area contributed by atoms with Gasteiger partial charge in [0.05, 0.1) is 22.2 Å². The minimum absolute atomic E-state index is 0.0463. The lowest BCUT2D eigenvalue weighted by Gasteiger charge is -2.39. The van der Waals surface area contributed by atoms with Gasteiger partial charge in [-0.3, -0.25) is 14.5 Å². The topological polar surface area (TPSA) is 141 Å². The van der Waals surface area contributed by atoms with Crippen molar-refractivity contribution in [2.75, 3.05) is 84.1 Å². The second kappa shape index (κ2) is 17.9. The Kier molecular flexibility index (Phi) is 13.2. The molecular weight excluding hydrogens is 755 g/mol. The third-order valence-corrected chi connectivity index (χ3v) is 11.7. The summed E-state index contributed by atoms with van der Waals surface area (Å²) in [5, 5.41) is 2.66. The number of urea groups is 1. The highest BCUT2D eigenvalue weighted by Crippen LogP contribution is 2.38. The molecule has 3 N–H and O–H groups in total. The van der Waals surface area contributed by atoms with Crippen molar-refractivity contribution in [2.24, 2.45) is 5.92 Å². The highest BCUT2D eigenvalue weighted by molar-refractivity contribution is 6.33. The van der Waals surface area contributed by atoms with Crippen LogP contribution in [0.25, 0.3) is 0 Å². The molecule has 306 valence electrons. The molecular formula is C39H51ClF3N7O6. The van der Waals surface area contributed by atoms with Crippen molar-refractivity contribution >= 4 is 47.0 Å². The van der Waals surface area contributed by atoms with Crippen molar-refractivity contribution in [1.82, 2.24) is 24.5 Å². The fraction of sp³-hybridized carbons (Fsp3) is 0.590. The Hall–Kier alpha value is -4.28. The molecule has 4 heterocycles. The van der Waals surface area contributed by atoms with Crippen LogP contribution < -0.4 is 11.1 Å². The van der Waals surface area contributed by atoms with E-state index in [2.05, 4.69) is 10.2 Å². The molecule has 3 fully saturated rings. The average Bonchev–Trinajstić information content (AvgIpc) is 3.60. The number of carbonyl (C=O) groups excluding carboxylic acids is 4. The molecule has 0 aromatic heterocycles. The zero-order valence-corrected chi connectivity index (χ0v) is 32.6. The summed E-state index contributed by atoms with van der Waals surface area (Å²) in [5.74, 6) is -0.930. The molecule has 4 aliphatic heterocycles. The molecule has 0 radical (unpaired) electrons. The number of alkyl halides is 3. The van der Waals surface area contributed by atoms with Gasteiger partial charge in [0.25, 0.3) is 5.91 Å². The van der Waals surface area contributed by atoms with Crippen LogP contribution in [0.5, 0.6) is 0 Å². The van der Waals surface area contributed by atoms with E-state index in [4.69, 9.17) is 26.8 Å². The largest absolute Gasteiger partial charge is 0.464 e. The van der Waals surface area contributed by atoms with E-state index in [0.717, 1.165) is 23.9 Å². The number of ether oxygens (including phenoxy) is 2. The van der Waals surface area contributed by atoms with Crippen molar-refractivity contribution < 1.29 is 41.8 Å². The number of esters is 1. The van der Waals surface area contributed by atoms with E-state index in [1.165, 1.54) is 11.0 Å². The van der Waals surface area contributed by atoms with Crippen LogP contribution in [0.4, 0.5) is 34.1 Å². The molecule has 2 atom stereocenters. The number of anilines is 2. The summed E-state index contributed by atoms with van der Waals surface area (Å²) in [6.07, 6.45) is -3.75. The van der Waals surface area contributed by atoms with E-state index in [1.54, 1.807) is 9.80 Å². The van der Waals surface area contributed by atoms with Crippen LogP contribution in [0.15, 0.2) is 36.4 Å². The summed E-state index contributed by atoms with van der Waals surface area (Å²) in [6.45, 7) is 4.02. The Morgan fingerprint density at radius 1 is 0.964 bits per heavy atom.